The molecule has 8 heteroatoms. The number of nitrogens with zero attached hydrogens (tertiary/aromatic N) is 3. The first-order valence-corrected chi connectivity index (χ1v) is 8.27. The highest BCUT2D eigenvalue weighted by atomic mass is 32.2. The van der Waals surface area contributed by atoms with Gasteiger partial charge in [-0.25, -0.2) is 8.42 Å². The van der Waals surface area contributed by atoms with Crippen LogP contribution < -0.4 is 0 Å². The highest BCUT2D eigenvalue weighted by molar-refractivity contribution is 7.89. The van der Waals surface area contributed by atoms with E-state index >= 15 is 0 Å². The van der Waals surface area contributed by atoms with E-state index in [1.165, 1.54) is 21.4 Å². The Kier molecular flexibility index (Phi) is 3.80. The van der Waals surface area contributed by atoms with Crippen molar-refractivity contribution in [3.63, 3.8) is 0 Å². The molecule has 0 amide bonds. The molecular weight excluding hydrogens is 282 g/mol. The van der Waals surface area contributed by atoms with Crippen molar-refractivity contribution in [3.8, 4) is 0 Å². The highest BCUT2D eigenvalue weighted by Gasteiger charge is 2.40. The molecule has 2 saturated heterocycles. The molecule has 0 spiro atoms. The fourth-order valence-corrected chi connectivity index (χ4v) is 4.44. The second-order valence-corrected chi connectivity index (χ2v) is 7.03. The minimum Gasteiger partial charge on any atom is -0.349 e. The van der Waals surface area contributed by atoms with Crippen molar-refractivity contribution >= 4 is 10.0 Å². The largest absolute Gasteiger partial charge is 0.349 e. The van der Waals surface area contributed by atoms with Crippen LogP contribution in [0.4, 0.5) is 0 Å². The van der Waals surface area contributed by atoms with Gasteiger partial charge in [0.2, 0.25) is 10.0 Å². The number of piperidine rings is 1. The molecule has 112 valence electrons. The van der Waals surface area contributed by atoms with Crippen molar-refractivity contribution in [2.24, 2.45) is 7.05 Å². The Morgan fingerprint density at radius 2 is 2.05 bits per heavy atom. The van der Waals surface area contributed by atoms with Crippen LogP contribution in [0.1, 0.15) is 19.3 Å². The molecule has 1 aromatic rings. The molecule has 0 aliphatic carbocycles. The summed E-state index contributed by atoms with van der Waals surface area (Å²) < 4.78 is 39.5. The van der Waals surface area contributed by atoms with Crippen molar-refractivity contribution in [1.82, 2.24) is 14.1 Å². The number of sulfonamides is 1. The van der Waals surface area contributed by atoms with Crippen LogP contribution in [0.15, 0.2) is 17.3 Å². The van der Waals surface area contributed by atoms with E-state index in [0.29, 0.717) is 19.8 Å². The van der Waals surface area contributed by atoms with Gasteiger partial charge in [-0.05, 0) is 12.8 Å². The highest BCUT2D eigenvalue weighted by Crippen LogP contribution is 2.29. The monoisotopic (exact) mass is 301 g/mol. The van der Waals surface area contributed by atoms with Crippen LogP contribution in [0.5, 0.6) is 0 Å². The predicted octanol–water partition coefficient (Wildman–Crippen LogP) is 0.336. The van der Waals surface area contributed by atoms with Gasteiger partial charge in [0.05, 0.1) is 25.5 Å². The van der Waals surface area contributed by atoms with E-state index in [9.17, 15) is 8.42 Å². The average molecular weight is 301 g/mol. The molecule has 0 aromatic carbocycles. The Balaban J connectivity index is 1.88. The molecule has 2 aliphatic heterocycles. The Morgan fingerprint density at radius 3 is 2.70 bits per heavy atom. The van der Waals surface area contributed by atoms with Gasteiger partial charge in [0.15, 0.2) is 6.29 Å². The summed E-state index contributed by atoms with van der Waals surface area (Å²) in [6.45, 7) is 1.56. The van der Waals surface area contributed by atoms with Crippen LogP contribution in [0.3, 0.4) is 0 Å². The Bertz CT molecular complexity index is 565. The molecule has 1 unspecified atom stereocenters. The minimum atomic E-state index is -3.54. The predicted molar refractivity (Wildman–Crippen MR) is 70.4 cm³/mol. The SMILES string of the molecule is Cn1cc(S(=O)(=O)N2CCCCC2C2OCCO2)cn1. The lowest BCUT2D eigenvalue weighted by Crippen LogP contribution is -2.49. The van der Waals surface area contributed by atoms with Gasteiger partial charge in [-0.3, -0.25) is 4.68 Å². The zero-order chi connectivity index (χ0) is 14.2. The second-order valence-electron chi connectivity index (χ2n) is 5.14. The van der Waals surface area contributed by atoms with Crippen LogP contribution in [-0.2, 0) is 26.5 Å². The van der Waals surface area contributed by atoms with E-state index in [1.54, 1.807) is 7.05 Å². The summed E-state index contributed by atoms with van der Waals surface area (Å²) in [5, 5.41) is 3.95. The number of ether oxygens (including phenoxy) is 2. The van der Waals surface area contributed by atoms with Gasteiger partial charge in [-0.15, -0.1) is 0 Å². The van der Waals surface area contributed by atoms with Crippen LogP contribution >= 0.6 is 0 Å². The van der Waals surface area contributed by atoms with Gasteiger partial charge in [-0.1, -0.05) is 6.42 Å². The fourth-order valence-electron chi connectivity index (χ4n) is 2.77. The Hall–Kier alpha value is -0.960. The molecule has 0 bridgehead atoms. The summed E-state index contributed by atoms with van der Waals surface area (Å²) in [5.41, 5.74) is 0. The van der Waals surface area contributed by atoms with Gasteiger partial charge < -0.3 is 9.47 Å². The smallest absolute Gasteiger partial charge is 0.246 e. The van der Waals surface area contributed by atoms with Crippen LogP contribution in [0.25, 0.3) is 0 Å². The molecule has 0 radical (unpaired) electrons. The molecule has 3 rings (SSSR count). The number of aryl methyl sites for hydroxylation is 1. The third-order valence-electron chi connectivity index (χ3n) is 3.75. The van der Waals surface area contributed by atoms with Crippen LogP contribution in [-0.4, -0.2) is 54.6 Å². The third kappa shape index (κ3) is 2.48. The number of aromatic nitrogens is 2. The van der Waals surface area contributed by atoms with E-state index in [1.807, 2.05) is 0 Å². The summed E-state index contributed by atoms with van der Waals surface area (Å²) in [4.78, 5) is 0.227. The minimum absolute atomic E-state index is 0.227. The fraction of sp³-hybridized carbons (Fsp3) is 0.750. The topological polar surface area (TPSA) is 73.7 Å². The Morgan fingerprint density at radius 1 is 1.30 bits per heavy atom. The first-order chi connectivity index (χ1) is 9.59. The molecule has 0 N–H and O–H groups in total. The molecular formula is C12H19N3O4S. The zero-order valence-electron chi connectivity index (χ0n) is 11.4. The van der Waals surface area contributed by atoms with Crippen molar-refractivity contribution in [2.75, 3.05) is 19.8 Å². The maximum Gasteiger partial charge on any atom is 0.246 e. The first kappa shape index (κ1) is 14.0. The lowest BCUT2D eigenvalue weighted by molar-refractivity contribution is -0.0913. The summed E-state index contributed by atoms with van der Waals surface area (Å²) in [6.07, 6.45) is 5.09. The van der Waals surface area contributed by atoms with Gasteiger partial charge >= 0.3 is 0 Å². The zero-order valence-corrected chi connectivity index (χ0v) is 12.3. The van der Waals surface area contributed by atoms with Crippen LogP contribution in [0, 0.1) is 0 Å². The first-order valence-electron chi connectivity index (χ1n) is 6.83. The van der Waals surface area contributed by atoms with E-state index in [-0.39, 0.29) is 10.9 Å². The van der Waals surface area contributed by atoms with Crippen molar-refractivity contribution in [3.05, 3.63) is 12.4 Å². The average Bonchev–Trinajstić information content (AvgIpc) is 3.10. The third-order valence-corrected chi connectivity index (χ3v) is 5.63. The molecule has 1 aromatic heterocycles. The summed E-state index contributed by atoms with van der Waals surface area (Å²) >= 11 is 0. The number of rotatable bonds is 3. The van der Waals surface area contributed by atoms with Gasteiger partial charge in [-0.2, -0.15) is 9.40 Å². The maximum atomic E-state index is 12.7. The normalized spacial score (nSPS) is 26.1. The standard InChI is InChI=1S/C12H19N3O4S/c1-14-9-10(8-13-14)20(16,17)15-5-3-2-4-11(15)12-18-6-7-19-12/h8-9,11-12H,2-7H2,1H3. The van der Waals surface area contributed by atoms with Crippen molar-refractivity contribution in [1.29, 1.82) is 0 Å². The molecule has 0 saturated carbocycles. The number of hydrogen-bond acceptors (Lipinski definition) is 5. The maximum absolute atomic E-state index is 12.7. The molecule has 20 heavy (non-hydrogen) atoms. The van der Waals surface area contributed by atoms with E-state index in [2.05, 4.69) is 5.10 Å². The lowest BCUT2D eigenvalue weighted by Gasteiger charge is -2.36. The number of hydrogen-bond donors (Lipinski definition) is 0. The van der Waals surface area contributed by atoms with Gasteiger partial charge in [0.1, 0.15) is 4.90 Å². The quantitative estimate of drug-likeness (QED) is 0.805. The van der Waals surface area contributed by atoms with E-state index < -0.39 is 16.3 Å². The summed E-state index contributed by atoms with van der Waals surface area (Å²) in [5.74, 6) is 0. The van der Waals surface area contributed by atoms with Crippen molar-refractivity contribution < 1.29 is 17.9 Å². The van der Waals surface area contributed by atoms with Gasteiger partial charge in [0.25, 0.3) is 0 Å². The van der Waals surface area contributed by atoms with E-state index in [4.69, 9.17) is 9.47 Å². The molecule has 1 atom stereocenters. The van der Waals surface area contributed by atoms with Crippen LogP contribution in [0.2, 0.25) is 0 Å². The summed E-state index contributed by atoms with van der Waals surface area (Å²) in [6, 6.07) is -0.239. The lowest BCUT2D eigenvalue weighted by atomic mass is 10.0. The molecule has 2 fully saturated rings. The molecule has 2 aliphatic rings. The molecule has 7 nitrogen and oxygen atoms in total. The Labute approximate surface area is 118 Å². The molecule has 3 heterocycles. The van der Waals surface area contributed by atoms with Crippen molar-refractivity contribution in [2.45, 2.75) is 36.5 Å². The second kappa shape index (κ2) is 5.44. The van der Waals surface area contributed by atoms with E-state index in [0.717, 1.165) is 19.3 Å². The summed E-state index contributed by atoms with van der Waals surface area (Å²) in [7, 11) is -1.83. The van der Waals surface area contributed by atoms with Gasteiger partial charge in [0, 0.05) is 19.8 Å².